The molecule has 1 aromatic carbocycles. The van der Waals surface area contributed by atoms with Gasteiger partial charge >= 0.3 is 0 Å². The van der Waals surface area contributed by atoms with E-state index in [4.69, 9.17) is 4.98 Å². The fourth-order valence-electron chi connectivity index (χ4n) is 4.06. The van der Waals surface area contributed by atoms with Crippen molar-refractivity contribution >= 4 is 16.9 Å². The van der Waals surface area contributed by atoms with E-state index in [0.29, 0.717) is 11.5 Å². The lowest BCUT2D eigenvalue weighted by molar-refractivity contribution is 0.0954. The highest BCUT2D eigenvalue weighted by Gasteiger charge is 2.19. The molecule has 1 aliphatic carbocycles. The molecule has 2 aliphatic rings. The highest BCUT2D eigenvalue weighted by Crippen LogP contribution is 2.26. The molecular formula is C21H27N3O. The van der Waals surface area contributed by atoms with Crippen molar-refractivity contribution in [2.75, 3.05) is 6.54 Å². The molecule has 1 amide bonds. The number of carbonyl (C=O) groups excluding carboxylic acids is 1. The van der Waals surface area contributed by atoms with Gasteiger partial charge in [-0.25, -0.2) is 4.98 Å². The Bertz CT molecular complexity index is 818. The van der Waals surface area contributed by atoms with E-state index in [2.05, 4.69) is 29.0 Å². The van der Waals surface area contributed by atoms with E-state index in [1.165, 1.54) is 37.7 Å². The average molecular weight is 337 g/mol. The normalized spacial score (nSPS) is 20.2. The molecule has 2 aromatic rings. The van der Waals surface area contributed by atoms with Crippen LogP contribution in [0.3, 0.4) is 0 Å². The third-order valence-corrected chi connectivity index (χ3v) is 5.58. The fraction of sp³-hybridized carbons (Fsp3) is 0.524. The first-order valence-electron chi connectivity index (χ1n) is 9.66. The molecule has 0 fully saturated rings. The predicted octanol–water partition coefficient (Wildman–Crippen LogP) is 4.24. The topological polar surface area (TPSA) is 46.9 Å². The van der Waals surface area contributed by atoms with Crippen LogP contribution in [-0.2, 0) is 13.0 Å². The van der Waals surface area contributed by atoms with Crippen LogP contribution in [0, 0.1) is 5.92 Å². The van der Waals surface area contributed by atoms with E-state index in [-0.39, 0.29) is 5.91 Å². The van der Waals surface area contributed by atoms with Crippen molar-refractivity contribution in [1.29, 1.82) is 0 Å². The molecule has 1 N–H and O–H groups in total. The van der Waals surface area contributed by atoms with E-state index < -0.39 is 0 Å². The Morgan fingerprint density at radius 3 is 3.12 bits per heavy atom. The largest absolute Gasteiger partial charge is 0.352 e. The van der Waals surface area contributed by atoms with Crippen molar-refractivity contribution in [3.05, 3.63) is 41.2 Å². The number of imidazole rings is 1. The van der Waals surface area contributed by atoms with Gasteiger partial charge < -0.3 is 9.88 Å². The van der Waals surface area contributed by atoms with Crippen molar-refractivity contribution in [2.24, 2.45) is 5.92 Å². The van der Waals surface area contributed by atoms with Crippen LogP contribution in [0.15, 0.2) is 29.8 Å². The number of carbonyl (C=O) groups is 1. The van der Waals surface area contributed by atoms with Crippen LogP contribution in [-0.4, -0.2) is 22.0 Å². The van der Waals surface area contributed by atoms with Gasteiger partial charge in [0.2, 0.25) is 0 Å². The van der Waals surface area contributed by atoms with Gasteiger partial charge in [0.05, 0.1) is 11.0 Å². The number of allylic oxidation sites excluding steroid dienone is 1. The van der Waals surface area contributed by atoms with Crippen molar-refractivity contribution < 1.29 is 4.79 Å². The number of aryl methyl sites for hydroxylation is 1. The van der Waals surface area contributed by atoms with E-state index in [1.807, 2.05) is 12.1 Å². The number of aromatic nitrogens is 2. The number of hydrogen-bond acceptors (Lipinski definition) is 2. The van der Waals surface area contributed by atoms with Crippen LogP contribution in [0.1, 0.15) is 61.6 Å². The summed E-state index contributed by atoms with van der Waals surface area (Å²) in [6, 6.07) is 5.94. The predicted molar refractivity (Wildman–Crippen MR) is 101 cm³/mol. The monoisotopic (exact) mass is 337 g/mol. The Balaban J connectivity index is 1.44. The molecule has 0 saturated carbocycles. The summed E-state index contributed by atoms with van der Waals surface area (Å²) in [6.45, 7) is 4.04. The molecule has 4 nitrogen and oxygen atoms in total. The Kier molecular flexibility index (Phi) is 4.60. The fourth-order valence-corrected chi connectivity index (χ4v) is 4.06. The highest BCUT2D eigenvalue weighted by molar-refractivity contribution is 5.97. The molecule has 0 saturated heterocycles. The number of nitrogens with zero attached hydrogens (tertiary/aromatic N) is 2. The molecule has 0 unspecified atom stereocenters. The maximum atomic E-state index is 12.5. The standard InChI is InChI=1S/C21H27N3O/c1-15-10-12-24-19-8-7-17(14-18(19)23-20(24)13-15)21(25)22-11-9-16-5-3-2-4-6-16/h5,7-8,14-15H,2-4,6,9-13H2,1H3,(H,22,25)/t15-/m0/s1. The number of amides is 1. The number of benzene rings is 1. The summed E-state index contributed by atoms with van der Waals surface area (Å²) in [5, 5.41) is 3.07. The molecule has 4 rings (SSSR count). The van der Waals surface area contributed by atoms with Gasteiger partial charge in [-0.1, -0.05) is 18.6 Å². The van der Waals surface area contributed by atoms with E-state index >= 15 is 0 Å². The maximum absolute atomic E-state index is 12.5. The Hall–Kier alpha value is -2.10. The first kappa shape index (κ1) is 16.4. The Labute approximate surface area is 149 Å². The molecule has 1 aromatic heterocycles. The average Bonchev–Trinajstić information content (AvgIpc) is 2.99. The van der Waals surface area contributed by atoms with Gasteiger partial charge in [0.1, 0.15) is 5.82 Å². The van der Waals surface area contributed by atoms with Crippen molar-refractivity contribution in [3.8, 4) is 0 Å². The number of hydrogen-bond donors (Lipinski definition) is 1. The minimum atomic E-state index is 0.0117. The molecule has 0 bridgehead atoms. The van der Waals surface area contributed by atoms with Crippen molar-refractivity contribution in [2.45, 2.75) is 58.4 Å². The third-order valence-electron chi connectivity index (χ3n) is 5.58. The van der Waals surface area contributed by atoms with Crippen LogP contribution in [0.25, 0.3) is 11.0 Å². The lowest BCUT2D eigenvalue weighted by Gasteiger charge is -2.20. The molecule has 4 heteroatoms. The maximum Gasteiger partial charge on any atom is 0.251 e. The third kappa shape index (κ3) is 3.48. The first-order chi connectivity index (χ1) is 12.2. The van der Waals surface area contributed by atoms with Crippen molar-refractivity contribution in [3.63, 3.8) is 0 Å². The molecule has 25 heavy (non-hydrogen) atoms. The van der Waals surface area contributed by atoms with Gasteiger partial charge in [-0.15, -0.1) is 0 Å². The van der Waals surface area contributed by atoms with E-state index in [0.717, 1.165) is 42.8 Å². The lowest BCUT2D eigenvalue weighted by Crippen LogP contribution is -2.24. The first-order valence-corrected chi connectivity index (χ1v) is 9.66. The minimum Gasteiger partial charge on any atom is -0.352 e. The van der Waals surface area contributed by atoms with Crippen LogP contribution in [0.5, 0.6) is 0 Å². The molecule has 0 radical (unpaired) electrons. The van der Waals surface area contributed by atoms with Gasteiger partial charge in [-0.3, -0.25) is 4.79 Å². The van der Waals surface area contributed by atoms with Crippen LogP contribution < -0.4 is 5.32 Å². The van der Waals surface area contributed by atoms with Gasteiger partial charge in [-0.2, -0.15) is 0 Å². The summed E-state index contributed by atoms with van der Waals surface area (Å²) in [6.07, 6.45) is 10.6. The summed E-state index contributed by atoms with van der Waals surface area (Å²) >= 11 is 0. The van der Waals surface area contributed by atoms with Gasteiger partial charge in [0.25, 0.3) is 5.91 Å². The van der Waals surface area contributed by atoms with Gasteiger partial charge in [0.15, 0.2) is 0 Å². The molecule has 132 valence electrons. The zero-order valence-corrected chi connectivity index (χ0v) is 15.1. The zero-order chi connectivity index (χ0) is 17.2. The zero-order valence-electron chi connectivity index (χ0n) is 15.1. The summed E-state index contributed by atoms with van der Waals surface area (Å²) in [7, 11) is 0. The summed E-state index contributed by atoms with van der Waals surface area (Å²) in [5.41, 5.74) is 4.32. The number of nitrogens with one attached hydrogen (secondary N) is 1. The van der Waals surface area contributed by atoms with Crippen LogP contribution in [0.2, 0.25) is 0 Å². The number of fused-ring (bicyclic) bond motifs is 3. The minimum absolute atomic E-state index is 0.0117. The highest BCUT2D eigenvalue weighted by atomic mass is 16.1. The van der Waals surface area contributed by atoms with E-state index in [1.54, 1.807) is 0 Å². The lowest BCUT2D eigenvalue weighted by atomic mass is 9.97. The van der Waals surface area contributed by atoms with Gasteiger partial charge in [-0.05, 0) is 62.6 Å². The summed E-state index contributed by atoms with van der Waals surface area (Å²) < 4.78 is 2.31. The second kappa shape index (κ2) is 7.03. The van der Waals surface area contributed by atoms with Gasteiger partial charge in [0, 0.05) is 25.1 Å². The molecular weight excluding hydrogens is 310 g/mol. The SMILES string of the molecule is C[C@H]1CCn2c(nc3cc(C(=O)NCCC4=CCCCC4)ccc32)C1. The second-order valence-electron chi connectivity index (χ2n) is 7.60. The Morgan fingerprint density at radius 1 is 1.36 bits per heavy atom. The Morgan fingerprint density at radius 2 is 2.28 bits per heavy atom. The van der Waals surface area contributed by atoms with Crippen LogP contribution >= 0.6 is 0 Å². The molecule has 0 spiro atoms. The molecule has 1 aliphatic heterocycles. The van der Waals surface area contributed by atoms with E-state index in [9.17, 15) is 4.79 Å². The summed E-state index contributed by atoms with van der Waals surface area (Å²) in [4.78, 5) is 17.2. The molecule has 1 atom stereocenters. The van der Waals surface area contributed by atoms with Crippen LogP contribution in [0.4, 0.5) is 0 Å². The second-order valence-corrected chi connectivity index (χ2v) is 7.60. The smallest absolute Gasteiger partial charge is 0.251 e. The quantitative estimate of drug-likeness (QED) is 0.848. The summed E-state index contributed by atoms with van der Waals surface area (Å²) in [5.74, 6) is 1.87. The molecule has 2 heterocycles. The number of rotatable bonds is 4. The van der Waals surface area contributed by atoms with Crippen molar-refractivity contribution in [1.82, 2.24) is 14.9 Å².